The van der Waals surface area contributed by atoms with Crippen molar-refractivity contribution < 1.29 is 9.53 Å². The van der Waals surface area contributed by atoms with E-state index in [4.69, 9.17) is 4.74 Å². The number of carbonyl (C=O) groups is 1. The predicted molar refractivity (Wildman–Crippen MR) is 59.7 cm³/mol. The molecule has 1 unspecified atom stereocenters. The van der Waals surface area contributed by atoms with E-state index in [0.717, 1.165) is 25.9 Å². The molecule has 2 nitrogen and oxygen atoms in total. The summed E-state index contributed by atoms with van der Waals surface area (Å²) in [4.78, 5) is 12.0. The zero-order chi connectivity index (χ0) is 10.9. The fourth-order valence-corrected chi connectivity index (χ4v) is 2.79. The van der Waals surface area contributed by atoms with E-state index in [2.05, 4.69) is 13.8 Å². The van der Waals surface area contributed by atoms with E-state index >= 15 is 0 Å². The molecule has 2 fully saturated rings. The summed E-state index contributed by atoms with van der Waals surface area (Å²) in [5.41, 5.74) is 0.121. The van der Waals surface area contributed by atoms with Gasteiger partial charge in [0.2, 0.25) is 0 Å². The van der Waals surface area contributed by atoms with E-state index in [-0.39, 0.29) is 5.60 Å². The molecule has 86 valence electrons. The number of carbonyl (C=O) groups excluding carboxylic acids is 1. The Labute approximate surface area is 92.4 Å². The van der Waals surface area contributed by atoms with Crippen LogP contribution < -0.4 is 0 Å². The van der Waals surface area contributed by atoms with Gasteiger partial charge in [-0.15, -0.1) is 0 Å². The van der Waals surface area contributed by atoms with Gasteiger partial charge in [-0.2, -0.15) is 0 Å². The highest BCUT2D eigenvalue weighted by Gasteiger charge is 2.44. The molecule has 1 aliphatic heterocycles. The van der Waals surface area contributed by atoms with Gasteiger partial charge >= 0.3 is 0 Å². The third-order valence-electron chi connectivity index (χ3n) is 3.82. The maximum atomic E-state index is 12.0. The Hall–Kier alpha value is -0.370. The smallest absolute Gasteiger partial charge is 0.136 e. The van der Waals surface area contributed by atoms with Crippen LogP contribution in [0.3, 0.4) is 0 Å². The molecule has 2 heteroatoms. The molecular formula is C13H22O2. The Bertz CT molecular complexity index is 241. The van der Waals surface area contributed by atoms with Crippen molar-refractivity contribution in [3.63, 3.8) is 0 Å². The van der Waals surface area contributed by atoms with E-state index < -0.39 is 0 Å². The summed E-state index contributed by atoms with van der Waals surface area (Å²) in [6.45, 7) is 5.04. The SMILES string of the molecule is CC(C)CC(=O)C1CCOC2(CCC2)C1. The summed E-state index contributed by atoms with van der Waals surface area (Å²) in [5, 5.41) is 0. The van der Waals surface area contributed by atoms with Crippen LogP contribution in [0.15, 0.2) is 0 Å². The first-order valence-electron chi connectivity index (χ1n) is 6.28. The van der Waals surface area contributed by atoms with Crippen LogP contribution in [0.1, 0.15) is 52.4 Å². The van der Waals surface area contributed by atoms with Gasteiger partial charge in [0.05, 0.1) is 5.60 Å². The number of ketones is 1. The zero-order valence-electron chi connectivity index (χ0n) is 9.92. The highest BCUT2D eigenvalue weighted by molar-refractivity contribution is 5.81. The summed E-state index contributed by atoms with van der Waals surface area (Å²) < 4.78 is 5.83. The first-order chi connectivity index (χ1) is 7.11. The normalized spacial score (nSPS) is 29.1. The minimum absolute atomic E-state index is 0.121. The lowest BCUT2D eigenvalue weighted by molar-refractivity contribution is -0.156. The van der Waals surface area contributed by atoms with E-state index in [1.165, 1.54) is 19.3 Å². The summed E-state index contributed by atoms with van der Waals surface area (Å²) in [6.07, 6.45) is 6.34. The Morgan fingerprint density at radius 1 is 1.47 bits per heavy atom. The quantitative estimate of drug-likeness (QED) is 0.716. The van der Waals surface area contributed by atoms with E-state index in [0.29, 0.717) is 17.6 Å². The largest absolute Gasteiger partial charge is 0.375 e. The van der Waals surface area contributed by atoms with Gasteiger partial charge in [0, 0.05) is 18.9 Å². The Balaban J connectivity index is 1.89. The Kier molecular flexibility index (Phi) is 3.15. The standard InChI is InChI=1S/C13H22O2/c1-10(2)8-12(14)11-4-7-15-13(9-11)5-3-6-13/h10-11H,3-9H2,1-2H3. The van der Waals surface area contributed by atoms with Crippen molar-refractivity contribution in [3.8, 4) is 0 Å². The van der Waals surface area contributed by atoms with Crippen molar-refractivity contribution in [2.45, 2.75) is 58.0 Å². The van der Waals surface area contributed by atoms with Crippen LogP contribution in [-0.2, 0) is 9.53 Å². The number of rotatable bonds is 3. The van der Waals surface area contributed by atoms with Crippen molar-refractivity contribution in [2.24, 2.45) is 11.8 Å². The summed E-state index contributed by atoms with van der Waals surface area (Å²) in [7, 11) is 0. The van der Waals surface area contributed by atoms with Crippen molar-refractivity contribution in [2.75, 3.05) is 6.61 Å². The molecular weight excluding hydrogens is 188 g/mol. The monoisotopic (exact) mass is 210 g/mol. The predicted octanol–water partition coefficient (Wildman–Crippen LogP) is 2.95. The average Bonchev–Trinajstić information content (AvgIpc) is 2.14. The van der Waals surface area contributed by atoms with Gasteiger partial charge in [-0.25, -0.2) is 0 Å². The van der Waals surface area contributed by atoms with E-state index in [1.807, 2.05) is 0 Å². The Morgan fingerprint density at radius 3 is 2.73 bits per heavy atom. The second-order valence-electron chi connectivity index (χ2n) is 5.64. The number of Topliss-reactive ketones (excluding diaryl/α,β-unsaturated/α-hetero) is 1. The molecule has 0 aromatic heterocycles. The maximum absolute atomic E-state index is 12.0. The van der Waals surface area contributed by atoms with Crippen LogP contribution in [0.2, 0.25) is 0 Å². The molecule has 1 atom stereocenters. The van der Waals surface area contributed by atoms with Gasteiger partial charge in [-0.05, 0) is 38.0 Å². The second-order valence-corrected chi connectivity index (χ2v) is 5.64. The average molecular weight is 210 g/mol. The third kappa shape index (κ3) is 2.41. The molecule has 0 amide bonds. The van der Waals surface area contributed by atoms with Gasteiger partial charge in [-0.3, -0.25) is 4.79 Å². The fourth-order valence-electron chi connectivity index (χ4n) is 2.79. The summed E-state index contributed by atoms with van der Waals surface area (Å²) in [6, 6.07) is 0. The maximum Gasteiger partial charge on any atom is 0.136 e. The van der Waals surface area contributed by atoms with Crippen molar-refractivity contribution in [3.05, 3.63) is 0 Å². The lowest BCUT2D eigenvalue weighted by Gasteiger charge is -2.47. The Morgan fingerprint density at radius 2 is 2.20 bits per heavy atom. The topological polar surface area (TPSA) is 26.3 Å². The van der Waals surface area contributed by atoms with Crippen molar-refractivity contribution >= 4 is 5.78 Å². The number of hydrogen-bond acceptors (Lipinski definition) is 2. The van der Waals surface area contributed by atoms with E-state index in [1.54, 1.807) is 0 Å². The van der Waals surface area contributed by atoms with E-state index in [9.17, 15) is 4.79 Å². The second kappa shape index (κ2) is 4.25. The van der Waals surface area contributed by atoms with Crippen LogP contribution in [0, 0.1) is 11.8 Å². The minimum Gasteiger partial charge on any atom is -0.375 e. The first kappa shape index (κ1) is 11.1. The minimum atomic E-state index is 0.121. The van der Waals surface area contributed by atoms with Gasteiger partial charge in [0.15, 0.2) is 0 Å². The van der Waals surface area contributed by atoms with Crippen molar-refractivity contribution in [1.29, 1.82) is 0 Å². The fraction of sp³-hybridized carbons (Fsp3) is 0.923. The van der Waals surface area contributed by atoms with Crippen LogP contribution in [0.4, 0.5) is 0 Å². The van der Waals surface area contributed by atoms with Crippen LogP contribution in [0.25, 0.3) is 0 Å². The molecule has 0 aromatic carbocycles. The highest BCUT2D eigenvalue weighted by atomic mass is 16.5. The molecule has 1 saturated heterocycles. The molecule has 0 aromatic rings. The number of ether oxygens (including phenoxy) is 1. The third-order valence-corrected chi connectivity index (χ3v) is 3.82. The molecule has 1 spiro atoms. The van der Waals surface area contributed by atoms with Crippen LogP contribution in [0.5, 0.6) is 0 Å². The van der Waals surface area contributed by atoms with Crippen LogP contribution >= 0.6 is 0 Å². The lowest BCUT2D eigenvalue weighted by Crippen LogP contribution is -2.47. The molecule has 1 saturated carbocycles. The molecule has 2 rings (SSSR count). The zero-order valence-corrected chi connectivity index (χ0v) is 9.92. The summed E-state index contributed by atoms with van der Waals surface area (Å²) >= 11 is 0. The molecule has 0 N–H and O–H groups in total. The number of hydrogen-bond donors (Lipinski definition) is 0. The van der Waals surface area contributed by atoms with Gasteiger partial charge < -0.3 is 4.74 Å². The molecule has 0 bridgehead atoms. The molecule has 2 aliphatic rings. The molecule has 15 heavy (non-hydrogen) atoms. The molecule has 1 heterocycles. The van der Waals surface area contributed by atoms with Crippen LogP contribution in [-0.4, -0.2) is 18.0 Å². The highest BCUT2D eigenvalue weighted by Crippen LogP contribution is 2.44. The molecule has 1 aliphatic carbocycles. The van der Waals surface area contributed by atoms with Gasteiger partial charge in [-0.1, -0.05) is 13.8 Å². The van der Waals surface area contributed by atoms with Gasteiger partial charge in [0.1, 0.15) is 5.78 Å². The van der Waals surface area contributed by atoms with Gasteiger partial charge in [0.25, 0.3) is 0 Å². The summed E-state index contributed by atoms with van der Waals surface area (Å²) in [5.74, 6) is 1.26. The lowest BCUT2D eigenvalue weighted by atomic mass is 9.70. The van der Waals surface area contributed by atoms with Crippen molar-refractivity contribution in [1.82, 2.24) is 0 Å². The molecule has 0 radical (unpaired) electrons. The first-order valence-corrected chi connectivity index (χ1v) is 6.28.